The van der Waals surface area contributed by atoms with Gasteiger partial charge in [-0.25, -0.2) is 17.6 Å². The van der Waals surface area contributed by atoms with Crippen LogP contribution in [0.2, 0.25) is 5.02 Å². The van der Waals surface area contributed by atoms with Gasteiger partial charge in [-0.2, -0.15) is 15.2 Å². The number of anilines is 2. The van der Waals surface area contributed by atoms with Crippen LogP contribution in [0.5, 0.6) is 6.01 Å². The summed E-state index contributed by atoms with van der Waals surface area (Å²) < 4.78 is 61.8. The van der Waals surface area contributed by atoms with Gasteiger partial charge in [0.1, 0.15) is 34.8 Å². The van der Waals surface area contributed by atoms with Crippen LogP contribution in [0.15, 0.2) is 18.2 Å². The van der Waals surface area contributed by atoms with E-state index >= 15 is 4.39 Å². The van der Waals surface area contributed by atoms with E-state index < -0.39 is 17.6 Å². The first-order valence-electron chi connectivity index (χ1n) is 18.6. The number of alkyl halides is 2. The quantitative estimate of drug-likeness (QED) is 0.153. The number of amides is 1. The van der Waals surface area contributed by atoms with Crippen LogP contribution in [0.25, 0.3) is 32.1 Å². The van der Waals surface area contributed by atoms with Crippen molar-refractivity contribution in [3.63, 3.8) is 0 Å². The second-order valence-corrected chi connectivity index (χ2v) is 17.4. The predicted octanol–water partition coefficient (Wildman–Crippen LogP) is 8.40. The molecule has 9 rings (SSSR count). The summed E-state index contributed by atoms with van der Waals surface area (Å²) in [7, 11) is 0. The highest BCUT2D eigenvalue weighted by Crippen LogP contribution is 2.49. The molecule has 0 radical (unpaired) electrons. The minimum atomic E-state index is -2.29. The number of likely N-dealkylation sites (tertiary alicyclic amines) is 1. The minimum absolute atomic E-state index is 0.0106. The molecule has 6 heterocycles. The SMILES string of the molecule is CC1CC1(F)F.CC1CCCC2(CN(C=O)C2)CN1c1nc(OCC23CCCN2CCC3)nc2c(F)c(-c3ccc(F)c4sc(N)c(C#N)c34)c(Cl)cc12. The molecule has 4 aliphatic heterocycles. The molecule has 2 aromatic carbocycles. The number of fused-ring (bicyclic) bond motifs is 3. The number of hydrogen-bond donors (Lipinski definition) is 1. The van der Waals surface area contributed by atoms with Crippen LogP contribution in [-0.4, -0.2) is 83.0 Å². The minimum Gasteiger partial charge on any atom is -0.461 e. The number of nitrogen functional groups attached to an aromatic ring is 1. The number of rotatable bonds is 6. The first kappa shape index (κ1) is 37.0. The number of nitriles is 1. The van der Waals surface area contributed by atoms with Crippen molar-refractivity contribution in [3.8, 4) is 23.2 Å². The fourth-order valence-corrected chi connectivity index (χ4v) is 10.4. The summed E-state index contributed by atoms with van der Waals surface area (Å²) in [5, 5.41) is 10.8. The summed E-state index contributed by atoms with van der Waals surface area (Å²) in [4.78, 5) is 27.7. The molecule has 2 N–H and O–H groups in total. The van der Waals surface area contributed by atoms with Crippen molar-refractivity contribution in [3.05, 3.63) is 40.4 Å². The molecular formula is C39H42ClF4N7O2S. The Labute approximate surface area is 320 Å². The van der Waals surface area contributed by atoms with Crippen molar-refractivity contribution < 1.29 is 27.1 Å². The average molecular weight is 784 g/mol. The van der Waals surface area contributed by atoms with Crippen molar-refractivity contribution in [2.45, 2.75) is 82.7 Å². The van der Waals surface area contributed by atoms with Crippen LogP contribution in [0, 0.1) is 34.3 Å². The van der Waals surface area contributed by atoms with Gasteiger partial charge in [0.05, 0.1) is 20.8 Å². The number of halogens is 5. The zero-order valence-corrected chi connectivity index (χ0v) is 31.8. The van der Waals surface area contributed by atoms with E-state index in [1.165, 1.54) is 12.1 Å². The molecule has 5 fully saturated rings. The number of nitrogens with two attached hydrogens (primary N) is 1. The lowest BCUT2D eigenvalue weighted by Crippen LogP contribution is -2.60. The standard InChI is InChI=1S/C35H36ClF2N7O2S.C4H6F2/c1-20-5-2-8-34(15-43(16-34)19-46)17-45(20)32-22-13-24(36)27(21-6-7-25(37)30-26(21)23(14-39)31(40)48-30)28(38)29(22)41-33(42-32)47-18-35-9-3-11-44(35)12-4-10-35;1-3-2-4(3,5)6/h6-7,13,19-20H,2-5,8-12,15-18,40H2,1H3;3H,2H2,1H3. The maximum atomic E-state index is 17.2. The van der Waals surface area contributed by atoms with E-state index in [-0.39, 0.29) is 77.7 Å². The van der Waals surface area contributed by atoms with Gasteiger partial charge in [-0.15, -0.1) is 11.3 Å². The maximum Gasteiger partial charge on any atom is 0.319 e. The summed E-state index contributed by atoms with van der Waals surface area (Å²) in [6, 6.07) is 6.57. The fourth-order valence-electron chi connectivity index (χ4n) is 9.16. The van der Waals surface area contributed by atoms with Gasteiger partial charge in [0, 0.05) is 59.8 Å². The van der Waals surface area contributed by atoms with Crippen molar-refractivity contribution >= 4 is 61.2 Å². The second-order valence-electron chi connectivity index (χ2n) is 16.0. The third kappa shape index (κ3) is 6.30. The number of carbonyl (C=O) groups is 1. The molecule has 1 amide bonds. The lowest BCUT2D eigenvalue weighted by atomic mass is 9.76. The van der Waals surface area contributed by atoms with E-state index in [1.54, 1.807) is 17.9 Å². The lowest BCUT2D eigenvalue weighted by Gasteiger charge is -2.50. The Morgan fingerprint density at radius 3 is 2.46 bits per heavy atom. The molecule has 1 spiro atoms. The monoisotopic (exact) mass is 783 g/mol. The Morgan fingerprint density at radius 2 is 1.81 bits per heavy atom. The van der Waals surface area contributed by atoms with Gasteiger partial charge in [-0.1, -0.05) is 31.0 Å². The van der Waals surface area contributed by atoms with E-state index in [4.69, 9.17) is 32.0 Å². The topological polar surface area (TPSA) is 112 Å². The van der Waals surface area contributed by atoms with Gasteiger partial charge in [0.25, 0.3) is 5.92 Å². The Morgan fingerprint density at radius 1 is 1.11 bits per heavy atom. The van der Waals surface area contributed by atoms with Crippen molar-refractivity contribution in [1.82, 2.24) is 19.8 Å². The molecule has 4 aromatic rings. The number of thiophene rings is 1. The fraction of sp³-hybridized carbons (Fsp3) is 0.538. The summed E-state index contributed by atoms with van der Waals surface area (Å²) in [6.07, 6.45) is 8.17. The van der Waals surface area contributed by atoms with E-state index in [9.17, 15) is 23.2 Å². The number of carbonyl (C=O) groups excluding carboxylic acids is 1. The van der Waals surface area contributed by atoms with Gasteiger partial charge in [0.2, 0.25) is 6.41 Å². The Balaban J connectivity index is 0.000000630. The summed E-state index contributed by atoms with van der Waals surface area (Å²) in [5.74, 6) is -3.35. The number of ether oxygens (including phenoxy) is 1. The van der Waals surface area contributed by atoms with Crippen LogP contribution in [-0.2, 0) is 4.79 Å². The highest BCUT2D eigenvalue weighted by atomic mass is 35.5. The van der Waals surface area contributed by atoms with Gasteiger partial charge in [-0.3, -0.25) is 9.69 Å². The van der Waals surface area contributed by atoms with Crippen molar-refractivity contribution in [2.24, 2.45) is 11.3 Å². The van der Waals surface area contributed by atoms with Crippen molar-refractivity contribution in [2.75, 3.05) is 50.0 Å². The van der Waals surface area contributed by atoms with E-state index in [1.807, 2.05) is 0 Å². The highest BCUT2D eigenvalue weighted by molar-refractivity contribution is 7.23. The second kappa shape index (κ2) is 13.7. The van der Waals surface area contributed by atoms with E-state index in [2.05, 4.69) is 22.8 Å². The van der Waals surface area contributed by atoms with Crippen LogP contribution in [0.1, 0.15) is 70.8 Å². The molecule has 15 heteroatoms. The molecule has 0 bridgehead atoms. The van der Waals surface area contributed by atoms with Gasteiger partial charge in [0.15, 0.2) is 5.82 Å². The van der Waals surface area contributed by atoms with E-state index in [0.29, 0.717) is 37.4 Å². The number of benzene rings is 2. The zero-order chi connectivity index (χ0) is 38.2. The van der Waals surface area contributed by atoms with Crippen LogP contribution in [0.3, 0.4) is 0 Å². The molecule has 5 aliphatic rings. The van der Waals surface area contributed by atoms with Gasteiger partial charge in [-0.05, 0) is 76.2 Å². The summed E-state index contributed by atoms with van der Waals surface area (Å²) in [5.41, 5.74) is 6.34. The first-order chi connectivity index (χ1) is 25.8. The van der Waals surface area contributed by atoms with Gasteiger partial charge >= 0.3 is 6.01 Å². The first-order valence-corrected chi connectivity index (χ1v) is 19.8. The molecule has 2 atom stereocenters. The lowest BCUT2D eigenvalue weighted by molar-refractivity contribution is -0.129. The largest absolute Gasteiger partial charge is 0.461 e. The average Bonchev–Trinajstić information content (AvgIpc) is 3.44. The Hall–Kier alpha value is -3.93. The third-order valence-electron chi connectivity index (χ3n) is 12.3. The molecule has 9 nitrogen and oxygen atoms in total. The molecule has 1 aliphatic carbocycles. The summed E-state index contributed by atoms with van der Waals surface area (Å²) in [6.45, 7) is 8.15. The van der Waals surface area contributed by atoms with Gasteiger partial charge < -0.3 is 20.3 Å². The summed E-state index contributed by atoms with van der Waals surface area (Å²) >= 11 is 7.89. The normalized spacial score (nSPS) is 23.7. The van der Waals surface area contributed by atoms with Crippen LogP contribution >= 0.6 is 22.9 Å². The van der Waals surface area contributed by atoms with E-state index in [0.717, 1.165) is 75.8 Å². The van der Waals surface area contributed by atoms with Crippen LogP contribution < -0.4 is 15.4 Å². The number of aromatic nitrogens is 2. The smallest absolute Gasteiger partial charge is 0.319 e. The zero-order valence-electron chi connectivity index (χ0n) is 30.2. The van der Waals surface area contributed by atoms with Crippen LogP contribution in [0.4, 0.5) is 28.4 Å². The molecule has 1 saturated carbocycles. The molecule has 286 valence electrons. The Kier molecular flexibility index (Phi) is 9.37. The predicted molar refractivity (Wildman–Crippen MR) is 202 cm³/mol. The number of nitrogens with zero attached hydrogens (tertiary/aromatic N) is 6. The molecular weight excluding hydrogens is 742 g/mol. The maximum absolute atomic E-state index is 17.2. The molecule has 54 heavy (non-hydrogen) atoms. The molecule has 4 saturated heterocycles. The van der Waals surface area contributed by atoms with Crippen molar-refractivity contribution in [1.29, 1.82) is 5.26 Å². The molecule has 2 unspecified atom stereocenters. The third-order valence-corrected chi connectivity index (χ3v) is 13.7. The number of hydrogen-bond acceptors (Lipinski definition) is 9. The molecule has 2 aromatic heterocycles. The Bertz CT molecular complexity index is 2180. The highest BCUT2D eigenvalue weighted by Gasteiger charge is 2.53.